The molecule has 0 bridgehead atoms. The second-order valence-corrected chi connectivity index (χ2v) is 9.18. The van der Waals surface area contributed by atoms with E-state index >= 15 is 0 Å². The summed E-state index contributed by atoms with van der Waals surface area (Å²) in [6.45, 7) is 2.19. The third-order valence-electron chi connectivity index (χ3n) is 5.26. The zero-order chi connectivity index (χ0) is 19.4. The molecule has 2 fully saturated rings. The molecule has 8 nitrogen and oxygen atoms in total. The molecule has 9 heteroatoms. The lowest BCUT2D eigenvalue weighted by molar-refractivity contribution is -0.384. The number of sulfonamides is 1. The standard InChI is InChI=1S/C18H27N3O5S/c1-19(14-15-7-6-12-26-15)17-9-8-16(13-18(17)21(22)23)27(24,25)20-10-4-2-3-5-11-20/h8-9,13,15H,2-7,10-12,14H2,1H3/t15-/m1/s1. The van der Waals surface area contributed by atoms with Crippen LogP contribution >= 0.6 is 0 Å². The molecule has 2 aliphatic heterocycles. The van der Waals surface area contributed by atoms with Crippen molar-refractivity contribution in [3.63, 3.8) is 0 Å². The van der Waals surface area contributed by atoms with Crippen LogP contribution in [0.1, 0.15) is 38.5 Å². The van der Waals surface area contributed by atoms with Gasteiger partial charge in [-0.2, -0.15) is 4.31 Å². The molecule has 1 aromatic rings. The minimum atomic E-state index is -3.72. The smallest absolute Gasteiger partial charge is 0.293 e. The number of nitrogens with zero attached hydrogens (tertiary/aromatic N) is 3. The van der Waals surface area contributed by atoms with Crippen molar-refractivity contribution in [1.82, 2.24) is 4.31 Å². The summed E-state index contributed by atoms with van der Waals surface area (Å²) in [6.07, 6.45) is 5.65. The minimum Gasteiger partial charge on any atom is -0.376 e. The Bertz CT molecular complexity index is 769. The van der Waals surface area contributed by atoms with E-state index in [0.717, 1.165) is 38.5 Å². The highest BCUT2D eigenvalue weighted by molar-refractivity contribution is 7.89. The molecular weight excluding hydrogens is 370 g/mol. The van der Waals surface area contributed by atoms with Gasteiger partial charge in [-0.25, -0.2) is 8.42 Å². The molecule has 0 unspecified atom stereocenters. The maximum atomic E-state index is 12.9. The van der Waals surface area contributed by atoms with E-state index in [1.807, 2.05) is 0 Å². The van der Waals surface area contributed by atoms with Gasteiger partial charge in [0, 0.05) is 39.4 Å². The van der Waals surface area contributed by atoms with Gasteiger partial charge in [0.15, 0.2) is 0 Å². The van der Waals surface area contributed by atoms with Crippen LogP contribution in [0.2, 0.25) is 0 Å². The van der Waals surface area contributed by atoms with Crippen LogP contribution in [0.5, 0.6) is 0 Å². The second kappa shape index (κ2) is 8.53. The zero-order valence-corrected chi connectivity index (χ0v) is 16.5. The molecule has 2 saturated heterocycles. The third-order valence-corrected chi connectivity index (χ3v) is 7.15. The van der Waals surface area contributed by atoms with Gasteiger partial charge in [-0.1, -0.05) is 12.8 Å². The van der Waals surface area contributed by atoms with Gasteiger partial charge in [0.1, 0.15) is 5.69 Å². The monoisotopic (exact) mass is 397 g/mol. The SMILES string of the molecule is CN(C[C@H]1CCCO1)c1ccc(S(=O)(=O)N2CCCCCC2)cc1[N+](=O)[O-]. The molecule has 0 spiro atoms. The molecule has 2 heterocycles. The first-order valence-electron chi connectivity index (χ1n) is 9.51. The Balaban J connectivity index is 1.87. The number of likely N-dealkylation sites (N-methyl/N-ethyl adjacent to an activating group) is 1. The van der Waals surface area contributed by atoms with Crippen LogP contribution in [-0.4, -0.2) is 57.0 Å². The molecule has 0 radical (unpaired) electrons. The first-order valence-corrected chi connectivity index (χ1v) is 10.9. The topological polar surface area (TPSA) is 93.0 Å². The molecule has 27 heavy (non-hydrogen) atoms. The van der Waals surface area contributed by atoms with E-state index in [2.05, 4.69) is 0 Å². The average molecular weight is 397 g/mol. The van der Waals surface area contributed by atoms with E-state index in [9.17, 15) is 18.5 Å². The Kier molecular flexibility index (Phi) is 6.33. The number of ether oxygens (including phenoxy) is 1. The van der Waals surface area contributed by atoms with E-state index in [-0.39, 0.29) is 16.7 Å². The number of rotatable bonds is 6. The van der Waals surface area contributed by atoms with Gasteiger partial charge >= 0.3 is 0 Å². The molecule has 0 aromatic heterocycles. The highest BCUT2D eigenvalue weighted by Crippen LogP contribution is 2.32. The Labute approximate surface area is 160 Å². The fourth-order valence-electron chi connectivity index (χ4n) is 3.76. The lowest BCUT2D eigenvalue weighted by Gasteiger charge is -2.24. The van der Waals surface area contributed by atoms with Crippen LogP contribution in [0.3, 0.4) is 0 Å². The van der Waals surface area contributed by atoms with Gasteiger partial charge in [0.05, 0.1) is 15.9 Å². The number of nitro groups is 1. The second-order valence-electron chi connectivity index (χ2n) is 7.24. The lowest BCUT2D eigenvalue weighted by atomic mass is 10.2. The van der Waals surface area contributed by atoms with Crippen LogP contribution in [0.25, 0.3) is 0 Å². The molecule has 3 rings (SSSR count). The average Bonchev–Trinajstić information content (AvgIpc) is 2.99. The van der Waals surface area contributed by atoms with Crippen molar-refractivity contribution in [1.29, 1.82) is 0 Å². The highest BCUT2D eigenvalue weighted by atomic mass is 32.2. The summed E-state index contributed by atoms with van der Waals surface area (Å²) in [4.78, 5) is 12.9. The normalized spacial score (nSPS) is 21.7. The molecule has 0 saturated carbocycles. The maximum Gasteiger partial charge on any atom is 0.293 e. The number of anilines is 1. The van der Waals surface area contributed by atoms with Crippen LogP contribution in [0.15, 0.2) is 23.1 Å². The molecular formula is C18H27N3O5S. The summed E-state index contributed by atoms with van der Waals surface area (Å²) in [5.41, 5.74) is 0.219. The minimum absolute atomic E-state index is 0.00892. The van der Waals surface area contributed by atoms with Crippen LogP contribution in [0, 0.1) is 10.1 Å². The van der Waals surface area contributed by atoms with Crippen molar-refractivity contribution in [3.05, 3.63) is 28.3 Å². The van der Waals surface area contributed by atoms with Gasteiger partial charge < -0.3 is 9.64 Å². The van der Waals surface area contributed by atoms with Crippen molar-refractivity contribution in [2.24, 2.45) is 0 Å². The summed E-state index contributed by atoms with van der Waals surface area (Å²) < 4.78 is 32.9. The molecule has 1 aromatic carbocycles. The molecule has 0 amide bonds. The van der Waals surface area contributed by atoms with Gasteiger partial charge in [-0.15, -0.1) is 0 Å². The molecule has 1 atom stereocenters. The molecule has 0 N–H and O–H groups in total. The summed E-state index contributed by atoms with van der Waals surface area (Å²) >= 11 is 0. The quantitative estimate of drug-likeness (QED) is 0.541. The summed E-state index contributed by atoms with van der Waals surface area (Å²) in [5, 5.41) is 11.6. The number of hydrogen-bond acceptors (Lipinski definition) is 6. The van der Waals surface area contributed by atoms with Crippen LogP contribution < -0.4 is 4.90 Å². The van der Waals surface area contributed by atoms with Crippen molar-refractivity contribution < 1.29 is 18.1 Å². The van der Waals surface area contributed by atoms with Crippen LogP contribution in [-0.2, 0) is 14.8 Å². The zero-order valence-electron chi connectivity index (χ0n) is 15.7. The van der Waals surface area contributed by atoms with Crippen molar-refractivity contribution in [2.45, 2.75) is 49.5 Å². The predicted molar refractivity (Wildman–Crippen MR) is 103 cm³/mol. The van der Waals surface area contributed by atoms with Crippen molar-refractivity contribution >= 4 is 21.4 Å². The summed E-state index contributed by atoms with van der Waals surface area (Å²) in [5.74, 6) is 0. The largest absolute Gasteiger partial charge is 0.376 e. The molecule has 2 aliphatic rings. The van der Waals surface area contributed by atoms with Gasteiger partial charge in [-0.05, 0) is 37.8 Å². The van der Waals surface area contributed by atoms with E-state index in [4.69, 9.17) is 4.74 Å². The Morgan fingerprint density at radius 2 is 1.93 bits per heavy atom. The van der Waals surface area contributed by atoms with E-state index < -0.39 is 14.9 Å². The first-order chi connectivity index (χ1) is 12.9. The Morgan fingerprint density at radius 3 is 2.52 bits per heavy atom. The fourth-order valence-corrected chi connectivity index (χ4v) is 5.29. The summed E-state index contributed by atoms with van der Waals surface area (Å²) in [7, 11) is -1.95. The van der Waals surface area contributed by atoms with Crippen molar-refractivity contribution in [3.8, 4) is 0 Å². The van der Waals surface area contributed by atoms with E-state index in [1.165, 1.54) is 22.5 Å². The molecule has 0 aliphatic carbocycles. The maximum absolute atomic E-state index is 12.9. The van der Waals surface area contributed by atoms with E-state index in [1.54, 1.807) is 11.9 Å². The van der Waals surface area contributed by atoms with Crippen LogP contribution in [0.4, 0.5) is 11.4 Å². The number of benzene rings is 1. The van der Waals surface area contributed by atoms with Crippen molar-refractivity contribution in [2.75, 3.05) is 38.2 Å². The Hall–Kier alpha value is -1.71. The van der Waals surface area contributed by atoms with Gasteiger partial charge in [-0.3, -0.25) is 10.1 Å². The highest BCUT2D eigenvalue weighted by Gasteiger charge is 2.29. The number of hydrogen-bond donors (Lipinski definition) is 0. The van der Waals surface area contributed by atoms with E-state index in [0.29, 0.717) is 31.9 Å². The van der Waals surface area contributed by atoms with Gasteiger partial charge in [0.2, 0.25) is 10.0 Å². The number of nitro benzene ring substituents is 1. The summed E-state index contributed by atoms with van der Waals surface area (Å²) in [6, 6.07) is 4.22. The van der Waals surface area contributed by atoms with Gasteiger partial charge in [0.25, 0.3) is 5.69 Å². The third kappa shape index (κ3) is 4.59. The lowest BCUT2D eigenvalue weighted by Crippen LogP contribution is -2.32. The fraction of sp³-hybridized carbons (Fsp3) is 0.667. The first kappa shape index (κ1) is 20.0. The Morgan fingerprint density at radius 1 is 1.22 bits per heavy atom. The molecule has 150 valence electrons. The predicted octanol–water partition coefficient (Wildman–Crippen LogP) is 2.77.